The first kappa shape index (κ1) is 15.2. The van der Waals surface area contributed by atoms with Gasteiger partial charge in [-0.3, -0.25) is 0 Å². The molecule has 20 heavy (non-hydrogen) atoms. The molecule has 0 amide bonds. The van der Waals surface area contributed by atoms with E-state index >= 15 is 0 Å². The van der Waals surface area contributed by atoms with Crippen molar-refractivity contribution < 1.29 is 4.74 Å². The first-order valence-electron chi connectivity index (χ1n) is 6.81. The van der Waals surface area contributed by atoms with Gasteiger partial charge in [0.05, 0.1) is 0 Å². The first-order valence-corrected chi connectivity index (χ1v) is 8.38. The third-order valence-electron chi connectivity index (χ3n) is 3.16. The summed E-state index contributed by atoms with van der Waals surface area (Å²) in [6.07, 6.45) is 4.03. The number of aromatic nitrogens is 2. The van der Waals surface area contributed by atoms with E-state index in [0.717, 1.165) is 30.0 Å². The SMILES string of the molecule is CCc1ccc(OCSCc2c[nH]c(=S)[nH]2)cc1CC. The monoisotopic (exact) mass is 308 g/mol. The Morgan fingerprint density at radius 2 is 2.00 bits per heavy atom. The number of rotatable bonds is 7. The summed E-state index contributed by atoms with van der Waals surface area (Å²) < 4.78 is 6.46. The number of nitrogens with one attached hydrogen (secondary N) is 2. The molecule has 0 aliphatic carbocycles. The topological polar surface area (TPSA) is 40.8 Å². The second-order valence-electron chi connectivity index (χ2n) is 4.52. The van der Waals surface area contributed by atoms with Gasteiger partial charge in [-0.2, -0.15) is 0 Å². The molecule has 108 valence electrons. The van der Waals surface area contributed by atoms with Gasteiger partial charge in [-0.15, -0.1) is 11.8 Å². The van der Waals surface area contributed by atoms with Gasteiger partial charge in [0.15, 0.2) is 4.77 Å². The predicted molar refractivity (Wildman–Crippen MR) is 88.0 cm³/mol. The van der Waals surface area contributed by atoms with Crippen LogP contribution in [0.25, 0.3) is 0 Å². The molecule has 1 aromatic carbocycles. The van der Waals surface area contributed by atoms with Gasteiger partial charge >= 0.3 is 0 Å². The largest absolute Gasteiger partial charge is 0.483 e. The minimum atomic E-state index is 0.639. The second-order valence-corrected chi connectivity index (χ2v) is 5.86. The van der Waals surface area contributed by atoms with Crippen LogP contribution < -0.4 is 4.74 Å². The third kappa shape index (κ3) is 4.15. The lowest BCUT2D eigenvalue weighted by molar-refractivity contribution is 0.392. The van der Waals surface area contributed by atoms with Crippen LogP contribution in [-0.2, 0) is 18.6 Å². The molecule has 0 aliphatic heterocycles. The van der Waals surface area contributed by atoms with Crippen molar-refractivity contribution in [3.8, 4) is 5.75 Å². The van der Waals surface area contributed by atoms with Crippen molar-refractivity contribution >= 4 is 24.0 Å². The molecule has 0 unspecified atom stereocenters. The van der Waals surface area contributed by atoms with E-state index in [1.54, 1.807) is 11.8 Å². The lowest BCUT2D eigenvalue weighted by atomic mass is 10.0. The molecule has 0 radical (unpaired) electrons. The van der Waals surface area contributed by atoms with Crippen molar-refractivity contribution in [2.75, 3.05) is 5.94 Å². The van der Waals surface area contributed by atoms with Crippen molar-refractivity contribution in [3.63, 3.8) is 0 Å². The fourth-order valence-corrected chi connectivity index (χ4v) is 2.94. The number of hydrogen-bond donors (Lipinski definition) is 2. The average molecular weight is 308 g/mol. The fraction of sp³-hybridized carbons (Fsp3) is 0.400. The van der Waals surface area contributed by atoms with Gasteiger partial charge in [-0.05, 0) is 48.3 Å². The molecule has 2 N–H and O–H groups in total. The summed E-state index contributed by atoms with van der Waals surface area (Å²) >= 11 is 6.71. The quantitative estimate of drug-likeness (QED) is 0.450. The number of benzene rings is 1. The van der Waals surface area contributed by atoms with Gasteiger partial charge in [-0.25, -0.2) is 0 Å². The molecule has 5 heteroatoms. The van der Waals surface area contributed by atoms with Crippen LogP contribution in [0.5, 0.6) is 5.75 Å². The Balaban J connectivity index is 1.83. The zero-order valence-corrected chi connectivity index (χ0v) is 13.5. The average Bonchev–Trinajstić information content (AvgIpc) is 2.89. The third-order valence-corrected chi connectivity index (χ3v) is 4.18. The zero-order chi connectivity index (χ0) is 14.4. The maximum Gasteiger partial charge on any atom is 0.174 e. The fourth-order valence-electron chi connectivity index (χ4n) is 2.08. The number of ether oxygens (including phenoxy) is 1. The summed E-state index contributed by atoms with van der Waals surface area (Å²) in [7, 11) is 0. The Morgan fingerprint density at radius 3 is 2.65 bits per heavy atom. The molecule has 1 aromatic heterocycles. The molecule has 0 saturated carbocycles. The van der Waals surface area contributed by atoms with Crippen molar-refractivity contribution in [3.05, 3.63) is 46.0 Å². The number of H-pyrrole nitrogens is 2. The number of thioether (sulfide) groups is 1. The molecule has 2 rings (SSSR count). The summed E-state index contributed by atoms with van der Waals surface area (Å²) in [5, 5.41) is 0. The van der Waals surface area contributed by atoms with Crippen LogP contribution in [0.15, 0.2) is 24.4 Å². The minimum absolute atomic E-state index is 0.639. The van der Waals surface area contributed by atoms with Gasteiger partial charge in [0.1, 0.15) is 11.7 Å². The Morgan fingerprint density at radius 1 is 1.20 bits per heavy atom. The molecule has 0 aliphatic rings. The van der Waals surface area contributed by atoms with E-state index in [-0.39, 0.29) is 0 Å². The van der Waals surface area contributed by atoms with E-state index in [1.165, 1.54) is 11.1 Å². The van der Waals surface area contributed by atoms with Gasteiger partial charge in [0, 0.05) is 17.6 Å². The standard InChI is InChI=1S/C15H20N2OS2/c1-3-11-5-6-14(7-12(11)4-2)18-10-20-9-13-8-16-15(19)17-13/h5-8H,3-4,9-10H2,1-2H3,(H2,16,17,19). The number of hydrogen-bond acceptors (Lipinski definition) is 3. The summed E-state index contributed by atoms with van der Waals surface area (Å²) in [6, 6.07) is 6.38. The van der Waals surface area contributed by atoms with Crippen LogP contribution >= 0.6 is 24.0 Å². The summed E-state index contributed by atoms with van der Waals surface area (Å²) in [4.78, 5) is 6.05. The Hall–Kier alpha value is -1.20. The highest BCUT2D eigenvalue weighted by Crippen LogP contribution is 2.20. The van der Waals surface area contributed by atoms with E-state index < -0.39 is 0 Å². The maximum absolute atomic E-state index is 5.79. The van der Waals surface area contributed by atoms with Crippen LogP contribution in [0.2, 0.25) is 0 Å². The molecule has 0 spiro atoms. The van der Waals surface area contributed by atoms with Crippen LogP contribution in [0.3, 0.4) is 0 Å². The molecule has 0 atom stereocenters. The Bertz CT molecular complexity index is 604. The molecule has 1 heterocycles. The zero-order valence-electron chi connectivity index (χ0n) is 11.9. The highest BCUT2D eigenvalue weighted by Gasteiger charge is 2.02. The molecular formula is C15H20N2OS2. The van der Waals surface area contributed by atoms with Gasteiger partial charge in [0.25, 0.3) is 0 Å². The van der Waals surface area contributed by atoms with Crippen LogP contribution in [0.1, 0.15) is 30.7 Å². The Labute approximate surface area is 129 Å². The molecule has 0 bridgehead atoms. The van der Waals surface area contributed by atoms with Gasteiger partial charge < -0.3 is 14.7 Å². The molecule has 0 fully saturated rings. The van der Waals surface area contributed by atoms with Crippen LogP contribution in [0.4, 0.5) is 0 Å². The van der Waals surface area contributed by atoms with Crippen molar-refractivity contribution in [1.82, 2.24) is 9.97 Å². The summed E-state index contributed by atoms with van der Waals surface area (Å²) in [5.41, 5.74) is 3.89. The van der Waals surface area contributed by atoms with E-state index in [1.807, 2.05) is 6.20 Å². The van der Waals surface area contributed by atoms with E-state index in [2.05, 4.69) is 42.0 Å². The summed E-state index contributed by atoms with van der Waals surface area (Å²) in [6.45, 7) is 4.37. The van der Waals surface area contributed by atoms with Crippen LogP contribution in [0, 0.1) is 4.77 Å². The number of aryl methyl sites for hydroxylation is 2. The molecule has 0 saturated heterocycles. The lowest BCUT2D eigenvalue weighted by Crippen LogP contribution is -1.97. The minimum Gasteiger partial charge on any atom is -0.483 e. The van der Waals surface area contributed by atoms with Gasteiger partial charge in [-0.1, -0.05) is 19.9 Å². The number of aromatic amines is 2. The molecule has 2 aromatic rings. The molecule has 3 nitrogen and oxygen atoms in total. The normalized spacial score (nSPS) is 10.7. The summed E-state index contributed by atoms with van der Waals surface area (Å²) in [5.74, 6) is 2.45. The second kappa shape index (κ2) is 7.55. The first-order chi connectivity index (χ1) is 9.72. The van der Waals surface area contributed by atoms with E-state index in [0.29, 0.717) is 10.7 Å². The Kier molecular flexibility index (Phi) is 5.73. The van der Waals surface area contributed by atoms with Gasteiger partial charge in [0.2, 0.25) is 0 Å². The highest BCUT2D eigenvalue weighted by atomic mass is 32.2. The lowest BCUT2D eigenvalue weighted by Gasteiger charge is -2.10. The maximum atomic E-state index is 5.79. The van der Waals surface area contributed by atoms with Crippen LogP contribution in [-0.4, -0.2) is 15.9 Å². The van der Waals surface area contributed by atoms with Crippen molar-refractivity contribution in [1.29, 1.82) is 0 Å². The number of imidazole rings is 1. The predicted octanol–water partition coefficient (Wildman–Crippen LogP) is 4.47. The molecular weight excluding hydrogens is 288 g/mol. The van der Waals surface area contributed by atoms with Crippen molar-refractivity contribution in [2.24, 2.45) is 0 Å². The van der Waals surface area contributed by atoms with Crippen molar-refractivity contribution in [2.45, 2.75) is 32.4 Å². The van der Waals surface area contributed by atoms with E-state index in [9.17, 15) is 0 Å². The highest BCUT2D eigenvalue weighted by molar-refractivity contribution is 7.98. The smallest absolute Gasteiger partial charge is 0.174 e. The van der Waals surface area contributed by atoms with E-state index in [4.69, 9.17) is 17.0 Å².